The fourth-order valence-electron chi connectivity index (χ4n) is 3.60. The summed E-state index contributed by atoms with van der Waals surface area (Å²) in [7, 11) is 0. The summed E-state index contributed by atoms with van der Waals surface area (Å²) in [6, 6.07) is 6.14. The molecule has 1 fully saturated rings. The number of rotatable bonds is 9. The molecule has 0 bridgehead atoms. The Morgan fingerprint density at radius 2 is 2.07 bits per heavy atom. The number of H-pyrrole nitrogens is 1. The average Bonchev–Trinajstić information content (AvgIpc) is 3.24. The first kappa shape index (κ1) is 20.9. The number of imide groups is 1. The zero-order chi connectivity index (χ0) is 21.0. The molecule has 2 aromatic rings. The number of carbonyl (C=O) groups excluding carboxylic acids is 3. The molecule has 0 unspecified atom stereocenters. The van der Waals surface area contributed by atoms with Crippen molar-refractivity contribution in [2.24, 2.45) is 5.92 Å². The van der Waals surface area contributed by atoms with Gasteiger partial charge < -0.3 is 20.7 Å². The number of aromatic nitrogens is 1. The number of nitrogens with one attached hydrogen (secondary N) is 3. The number of amides is 4. The normalized spacial score (nSPS) is 18.7. The summed E-state index contributed by atoms with van der Waals surface area (Å²) in [6.45, 7) is 4.00. The summed E-state index contributed by atoms with van der Waals surface area (Å²) < 4.78 is 0. The number of aromatic amines is 1. The number of carbonyl (C=O) groups is 3. The molecule has 0 spiro atoms. The van der Waals surface area contributed by atoms with Crippen LogP contribution in [0.5, 0.6) is 0 Å². The second kappa shape index (κ2) is 9.09. The lowest BCUT2D eigenvalue weighted by molar-refractivity contribution is -0.131. The summed E-state index contributed by atoms with van der Waals surface area (Å²) in [4.78, 5) is 41.5. The van der Waals surface area contributed by atoms with E-state index in [1.54, 1.807) is 0 Å². The van der Waals surface area contributed by atoms with Crippen LogP contribution in [-0.4, -0.2) is 58.1 Å². The third-order valence-electron chi connectivity index (χ3n) is 5.65. The van der Waals surface area contributed by atoms with Crippen molar-refractivity contribution >= 4 is 28.7 Å². The fraction of sp³-hybridized carbons (Fsp3) is 0.476. The van der Waals surface area contributed by atoms with Crippen LogP contribution < -0.4 is 10.6 Å². The molecule has 3 rings (SSSR count). The summed E-state index contributed by atoms with van der Waals surface area (Å²) in [5.74, 6) is -0.638. The minimum atomic E-state index is -0.873. The van der Waals surface area contributed by atoms with Gasteiger partial charge in [0.05, 0.1) is 19.1 Å². The summed E-state index contributed by atoms with van der Waals surface area (Å²) in [5.41, 5.74) is 2.04. The molecule has 1 aromatic heterocycles. The topological polar surface area (TPSA) is 115 Å². The van der Waals surface area contributed by atoms with Gasteiger partial charge in [-0.2, -0.15) is 0 Å². The van der Waals surface area contributed by atoms with Crippen LogP contribution in [0.1, 0.15) is 32.3 Å². The Balaban J connectivity index is 1.57. The zero-order valence-electron chi connectivity index (χ0n) is 16.8. The van der Waals surface area contributed by atoms with Crippen molar-refractivity contribution < 1.29 is 19.5 Å². The molecule has 4 amide bonds. The Labute approximate surface area is 169 Å². The fourth-order valence-corrected chi connectivity index (χ4v) is 3.60. The van der Waals surface area contributed by atoms with Gasteiger partial charge in [0.15, 0.2) is 0 Å². The molecule has 0 saturated carbocycles. The van der Waals surface area contributed by atoms with Gasteiger partial charge in [-0.1, -0.05) is 38.5 Å². The lowest BCUT2D eigenvalue weighted by Crippen LogP contribution is -2.45. The molecule has 0 radical (unpaired) electrons. The van der Waals surface area contributed by atoms with E-state index in [9.17, 15) is 19.5 Å². The van der Waals surface area contributed by atoms with E-state index < -0.39 is 18.0 Å². The minimum absolute atomic E-state index is 0.116. The van der Waals surface area contributed by atoms with E-state index in [0.29, 0.717) is 6.42 Å². The lowest BCUT2D eigenvalue weighted by Gasteiger charge is -2.22. The quantitative estimate of drug-likeness (QED) is 0.478. The van der Waals surface area contributed by atoms with Crippen molar-refractivity contribution in [1.82, 2.24) is 20.5 Å². The molecule has 3 atom stereocenters. The van der Waals surface area contributed by atoms with Crippen molar-refractivity contribution in [3.63, 3.8) is 0 Å². The molecule has 8 nitrogen and oxygen atoms in total. The van der Waals surface area contributed by atoms with Gasteiger partial charge in [-0.3, -0.25) is 14.5 Å². The predicted molar refractivity (Wildman–Crippen MR) is 109 cm³/mol. The molecule has 1 saturated heterocycles. The smallest absolute Gasteiger partial charge is 0.324 e. The van der Waals surface area contributed by atoms with Gasteiger partial charge in [0.2, 0.25) is 5.91 Å². The number of benzene rings is 1. The molecule has 1 aliphatic heterocycles. The average molecular weight is 400 g/mol. The summed E-state index contributed by atoms with van der Waals surface area (Å²) in [6.07, 6.45) is 3.09. The van der Waals surface area contributed by atoms with E-state index in [0.717, 1.165) is 27.8 Å². The molecule has 1 aliphatic rings. The molecular weight excluding hydrogens is 372 g/mol. The second-order valence-corrected chi connectivity index (χ2v) is 7.55. The van der Waals surface area contributed by atoms with Crippen LogP contribution in [0.4, 0.5) is 4.79 Å². The van der Waals surface area contributed by atoms with E-state index in [2.05, 4.69) is 15.6 Å². The third-order valence-corrected chi connectivity index (χ3v) is 5.65. The van der Waals surface area contributed by atoms with E-state index in [4.69, 9.17) is 0 Å². The Morgan fingerprint density at radius 3 is 2.79 bits per heavy atom. The molecular formula is C21H28N4O4. The first-order valence-electron chi connectivity index (χ1n) is 10.0. The van der Waals surface area contributed by atoms with Gasteiger partial charge in [0.25, 0.3) is 5.91 Å². The maximum absolute atomic E-state index is 12.6. The lowest BCUT2D eigenvalue weighted by atomic mass is 9.99. The van der Waals surface area contributed by atoms with Gasteiger partial charge in [-0.25, -0.2) is 4.79 Å². The highest BCUT2D eigenvalue weighted by Crippen LogP contribution is 2.19. The molecule has 4 N–H and O–H groups in total. The minimum Gasteiger partial charge on any atom is -0.394 e. The Hall–Kier alpha value is -2.87. The van der Waals surface area contributed by atoms with E-state index in [1.807, 2.05) is 44.3 Å². The van der Waals surface area contributed by atoms with Crippen LogP contribution in [0.25, 0.3) is 10.9 Å². The highest BCUT2D eigenvalue weighted by atomic mass is 16.3. The molecule has 8 heteroatoms. The van der Waals surface area contributed by atoms with Crippen molar-refractivity contribution in [3.05, 3.63) is 36.0 Å². The van der Waals surface area contributed by atoms with Crippen molar-refractivity contribution in [2.75, 3.05) is 13.2 Å². The Bertz CT molecular complexity index is 894. The largest absolute Gasteiger partial charge is 0.394 e. The van der Waals surface area contributed by atoms with Crippen LogP contribution >= 0.6 is 0 Å². The SMILES string of the molecule is CC[C@H](C)[C@@H](CO)NC(=O)C[C@@H]1NC(=O)N(CCc2c[nH]c3ccccc23)C1=O. The van der Waals surface area contributed by atoms with Gasteiger partial charge in [0.1, 0.15) is 6.04 Å². The monoisotopic (exact) mass is 400 g/mol. The second-order valence-electron chi connectivity index (χ2n) is 7.55. The van der Waals surface area contributed by atoms with Crippen LogP contribution in [0, 0.1) is 5.92 Å². The van der Waals surface area contributed by atoms with Crippen LogP contribution in [-0.2, 0) is 16.0 Å². The van der Waals surface area contributed by atoms with Gasteiger partial charge >= 0.3 is 6.03 Å². The number of nitrogens with zero attached hydrogens (tertiary/aromatic N) is 1. The third kappa shape index (κ3) is 4.59. The highest BCUT2D eigenvalue weighted by molar-refractivity contribution is 6.05. The molecule has 29 heavy (non-hydrogen) atoms. The van der Waals surface area contributed by atoms with Gasteiger partial charge in [-0.05, 0) is 24.0 Å². The van der Waals surface area contributed by atoms with E-state index in [-0.39, 0.29) is 37.4 Å². The number of hydrogen-bond donors (Lipinski definition) is 4. The van der Waals surface area contributed by atoms with E-state index in [1.165, 1.54) is 0 Å². The number of hydrogen-bond acceptors (Lipinski definition) is 4. The Morgan fingerprint density at radius 1 is 1.31 bits per heavy atom. The molecule has 0 aliphatic carbocycles. The van der Waals surface area contributed by atoms with Gasteiger partial charge in [0, 0.05) is 23.6 Å². The highest BCUT2D eigenvalue weighted by Gasteiger charge is 2.39. The van der Waals surface area contributed by atoms with E-state index >= 15 is 0 Å². The number of urea groups is 1. The molecule has 2 heterocycles. The summed E-state index contributed by atoms with van der Waals surface area (Å²) >= 11 is 0. The first-order chi connectivity index (χ1) is 13.9. The Kier molecular flexibility index (Phi) is 6.53. The number of aliphatic hydroxyl groups excluding tert-OH is 1. The van der Waals surface area contributed by atoms with Crippen molar-refractivity contribution in [1.29, 1.82) is 0 Å². The maximum atomic E-state index is 12.6. The zero-order valence-corrected chi connectivity index (χ0v) is 16.8. The van der Waals surface area contributed by atoms with Crippen LogP contribution in [0.3, 0.4) is 0 Å². The van der Waals surface area contributed by atoms with Crippen molar-refractivity contribution in [2.45, 2.75) is 45.2 Å². The number of fused-ring (bicyclic) bond motifs is 1. The number of aliphatic hydroxyl groups is 1. The van der Waals surface area contributed by atoms with Crippen LogP contribution in [0.2, 0.25) is 0 Å². The van der Waals surface area contributed by atoms with Crippen molar-refractivity contribution in [3.8, 4) is 0 Å². The standard InChI is InChI=1S/C21H28N4O4/c1-3-13(2)18(12-26)23-19(27)10-17-20(28)25(21(29)24-17)9-8-14-11-22-16-7-5-4-6-15(14)16/h4-7,11,13,17-18,22,26H,3,8-10,12H2,1-2H3,(H,23,27)(H,24,29)/t13-,17-,18+/m0/s1. The predicted octanol–water partition coefficient (Wildman–Crippen LogP) is 1.54. The molecule has 1 aromatic carbocycles. The molecule has 156 valence electrons. The number of para-hydroxylation sites is 1. The van der Waals surface area contributed by atoms with Crippen LogP contribution in [0.15, 0.2) is 30.5 Å². The van der Waals surface area contributed by atoms with Gasteiger partial charge in [-0.15, -0.1) is 0 Å². The summed E-state index contributed by atoms with van der Waals surface area (Å²) in [5, 5.41) is 15.9. The maximum Gasteiger partial charge on any atom is 0.324 e. The first-order valence-corrected chi connectivity index (χ1v) is 10.0.